The van der Waals surface area contributed by atoms with Gasteiger partial charge in [0.15, 0.2) is 0 Å². The minimum Gasteiger partial charge on any atom is -0.312 e. The molecule has 0 bridgehead atoms. The third-order valence-corrected chi connectivity index (χ3v) is 2.93. The van der Waals surface area contributed by atoms with Crippen LogP contribution < -0.4 is 5.32 Å². The molecule has 1 N–H and O–H groups in total. The van der Waals surface area contributed by atoms with Crippen molar-refractivity contribution in [2.75, 3.05) is 6.54 Å². The topological polar surface area (TPSA) is 12.0 Å². The van der Waals surface area contributed by atoms with Crippen LogP contribution in [0.3, 0.4) is 0 Å². The van der Waals surface area contributed by atoms with Gasteiger partial charge in [0.05, 0.1) is 0 Å². The maximum Gasteiger partial charge on any atom is 0.124 e. The van der Waals surface area contributed by atoms with Crippen LogP contribution in [0.25, 0.3) is 0 Å². The van der Waals surface area contributed by atoms with E-state index < -0.39 is 0 Å². The number of rotatable bonds is 5. The minimum absolute atomic E-state index is 0.165. The van der Waals surface area contributed by atoms with Gasteiger partial charge < -0.3 is 5.32 Å². The van der Waals surface area contributed by atoms with Crippen molar-refractivity contribution >= 4 is 15.9 Å². The Bertz CT molecular complexity index is 337. The predicted octanol–water partition coefficient (Wildman–Crippen LogP) is 4.30. The first-order valence-electron chi connectivity index (χ1n) is 6.07. The van der Waals surface area contributed by atoms with Crippen LogP contribution in [0.4, 0.5) is 4.39 Å². The molecular weight excluding hydrogens is 281 g/mol. The largest absolute Gasteiger partial charge is 0.312 e. The monoisotopic (exact) mass is 301 g/mol. The smallest absolute Gasteiger partial charge is 0.124 e. The summed E-state index contributed by atoms with van der Waals surface area (Å²) in [5, 5.41) is 3.45. The second-order valence-electron chi connectivity index (χ2n) is 5.41. The van der Waals surface area contributed by atoms with Crippen LogP contribution in [0.5, 0.6) is 0 Å². The van der Waals surface area contributed by atoms with Gasteiger partial charge in [-0.3, -0.25) is 0 Å². The molecule has 1 nitrogen and oxygen atoms in total. The van der Waals surface area contributed by atoms with E-state index in [-0.39, 0.29) is 11.4 Å². The first-order valence-corrected chi connectivity index (χ1v) is 6.86. The SMILES string of the molecule is CC(C)(C)NCCCCc1cc(F)cc(Br)c1. The van der Waals surface area contributed by atoms with Gasteiger partial charge in [0.2, 0.25) is 0 Å². The molecule has 0 fully saturated rings. The van der Waals surface area contributed by atoms with E-state index >= 15 is 0 Å². The Balaban J connectivity index is 2.27. The van der Waals surface area contributed by atoms with Crippen LogP contribution in [0, 0.1) is 5.82 Å². The molecule has 0 heterocycles. The molecule has 3 heteroatoms. The second kappa shape index (κ2) is 6.50. The van der Waals surface area contributed by atoms with Gasteiger partial charge in [-0.15, -0.1) is 0 Å². The summed E-state index contributed by atoms with van der Waals surface area (Å²) in [5.74, 6) is -0.165. The van der Waals surface area contributed by atoms with Gasteiger partial charge in [-0.2, -0.15) is 0 Å². The fourth-order valence-corrected chi connectivity index (χ4v) is 2.19. The third kappa shape index (κ3) is 6.79. The number of unbranched alkanes of at least 4 members (excludes halogenated alkanes) is 1. The Kier molecular flexibility index (Phi) is 5.60. The first kappa shape index (κ1) is 14.7. The first-order chi connectivity index (χ1) is 7.87. The molecule has 0 aromatic heterocycles. The summed E-state index contributed by atoms with van der Waals surface area (Å²) in [6.45, 7) is 7.50. The summed E-state index contributed by atoms with van der Waals surface area (Å²) in [7, 11) is 0. The van der Waals surface area contributed by atoms with Crippen molar-refractivity contribution in [2.45, 2.75) is 45.6 Å². The second-order valence-corrected chi connectivity index (χ2v) is 6.33. The number of hydrogen-bond donors (Lipinski definition) is 1. The average Bonchev–Trinajstić information content (AvgIpc) is 2.13. The van der Waals surface area contributed by atoms with Gasteiger partial charge in [0.25, 0.3) is 0 Å². The van der Waals surface area contributed by atoms with Crippen molar-refractivity contribution in [1.29, 1.82) is 0 Å². The highest BCUT2D eigenvalue weighted by Gasteiger charge is 2.07. The molecule has 0 atom stereocenters. The number of halogens is 2. The zero-order valence-electron chi connectivity index (χ0n) is 10.8. The van der Waals surface area contributed by atoms with Crippen molar-refractivity contribution in [1.82, 2.24) is 5.32 Å². The summed E-state index contributed by atoms with van der Waals surface area (Å²) >= 11 is 3.31. The van der Waals surface area contributed by atoms with Gasteiger partial charge in [-0.25, -0.2) is 4.39 Å². The van der Waals surface area contributed by atoms with Gasteiger partial charge >= 0.3 is 0 Å². The number of nitrogens with one attached hydrogen (secondary N) is 1. The number of benzene rings is 1. The van der Waals surface area contributed by atoms with Crippen LogP contribution in [-0.4, -0.2) is 12.1 Å². The van der Waals surface area contributed by atoms with E-state index in [9.17, 15) is 4.39 Å². The summed E-state index contributed by atoms with van der Waals surface area (Å²) < 4.78 is 13.9. The summed E-state index contributed by atoms with van der Waals surface area (Å²) in [6.07, 6.45) is 3.13. The van der Waals surface area contributed by atoms with Gasteiger partial charge in [0, 0.05) is 10.0 Å². The lowest BCUT2D eigenvalue weighted by Gasteiger charge is -2.20. The molecule has 0 aliphatic carbocycles. The summed E-state index contributed by atoms with van der Waals surface area (Å²) in [6, 6.07) is 5.09. The van der Waals surface area contributed by atoms with E-state index in [4.69, 9.17) is 0 Å². The van der Waals surface area contributed by atoms with Crippen LogP contribution in [-0.2, 0) is 6.42 Å². The molecular formula is C14H21BrFN. The molecule has 0 aliphatic rings. The van der Waals surface area contributed by atoms with Crippen molar-refractivity contribution in [3.05, 3.63) is 34.1 Å². The Morgan fingerprint density at radius 1 is 1.18 bits per heavy atom. The van der Waals surface area contributed by atoms with E-state index in [0.29, 0.717) is 0 Å². The highest BCUT2D eigenvalue weighted by molar-refractivity contribution is 9.10. The molecule has 17 heavy (non-hydrogen) atoms. The summed E-state index contributed by atoms with van der Waals surface area (Å²) in [5.41, 5.74) is 1.25. The lowest BCUT2D eigenvalue weighted by Crippen LogP contribution is -2.36. The standard InChI is InChI=1S/C14H21BrFN/c1-14(2,3)17-7-5-4-6-11-8-12(15)10-13(16)9-11/h8-10,17H,4-7H2,1-3H3. The van der Waals surface area contributed by atoms with Crippen molar-refractivity contribution < 1.29 is 4.39 Å². The predicted molar refractivity (Wildman–Crippen MR) is 74.8 cm³/mol. The Morgan fingerprint density at radius 3 is 2.47 bits per heavy atom. The Labute approximate surface area is 112 Å². The molecule has 0 spiro atoms. The normalized spacial score (nSPS) is 11.8. The lowest BCUT2D eigenvalue weighted by molar-refractivity contribution is 0.419. The highest BCUT2D eigenvalue weighted by Crippen LogP contribution is 2.16. The van der Waals surface area contributed by atoms with Crippen molar-refractivity contribution in [3.8, 4) is 0 Å². The van der Waals surface area contributed by atoms with Crippen LogP contribution >= 0.6 is 15.9 Å². The van der Waals surface area contributed by atoms with Gasteiger partial charge in [0.1, 0.15) is 5.82 Å². The number of hydrogen-bond acceptors (Lipinski definition) is 1. The van der Waals surface area contributed by atoms with Crippen LogP contribution in [0.1, 0.15) is 39.2 Å². The van der Waals surface area contributed by atoms with Crippen molar-refractivity contribution in [3.63, 3.8) is 0 Å². The third-order valence-electron chi connectivity index (χ3n) is 2.47. The molecule has 0 aliphatic heterocycles. The summed E-state index contributed by atoms with van der Waals surface area (Å²) in [4.78, 5) is 0. The maximum absolute atomic E-state index is 13.1. The van der Waals surface area contributed by atoms with E-state index in [1.54, 1.807) is 6.07 Å². The quantitative estimate of drug-likeness (QED) is 0.800. The minimum atomic E-state index is -0.165. The number of aryl methyl sites for hydroxylation is 1. The molecule has 0 saturated heterocycles. The van der Waals surface area contributed by atoms with Gasteiger partial charge in [-0.05, 0) is 70.3 Å². The molecule has 0 amide bonds. The average molecular weight is 302 g/mol. The zero-order chi connectivity index (χ0) is 12.9. The zero-order valence-corrected chi connectivity index (χ0v) is 12.4. The Morgan fingerprint density at radius 2 is 1.88 bits per heavy atom. The van der Waals surface area contributed by atoms with E-state index in [1.165, 1.54) is 6.07 Å². The van der Waals surface area contributed by atoms with Crippen LogP contribution in [0.15, 0.2) is 22.7 Å². The molecule has 0 radical (unpaired) electrons. The molecule has 96 valence electrons. The van der Waals surface area contributed by atoms with Crippen LogP contribution in [0.2, 0.25) is 0 Å². The molecule has 1 rings (SSSR count). The fourth-order valence-electron chi connectivity index (χ4n) is 1.67. The Hall–Kier alpha value is -0.410. The lowest BCUT2D eigenvalue weighted by atomic mass is 10.1. The molecule has 1 aromatic rings. The van der Waals surface area contributed by atoms with Crippen molar-refractivity contribution in [2.24, 2.45) is 0 Å². The molecule has 0 saturated carbocycles. The maximum atomic E-state index is 13.1. The molecule has 1 aromatic carbocycles. The fraction of sp³-hybridized carbons (Fsp3) is 0.571. The van der Waals surface area contributed by atoms with E-state index in [0.717, 1.165) is 35.8 Å². The van der Waals surface area contributed by atoms with E-state index in [2.05, 4.69) is 42.0 Å². The highest BCUT2D eigenvalue weighted by atomic mass is 79.9. The van der Waals surface area contributed by atoms with E-state index in [1.807, 2.05) is 6.07 Å². The molecule has 0 unspecified atom stereocenters. The van der Waals surface area contributed by atoms with Gasteiger partial charge in [-0.1, -0.05) is 15.9 Å².